The lowest BCUT2D eigenvalue weighted by atomic mass is 10.3. The molecule has 0 N–H and O–H groups in total. The molecule has 0 unspecified atom stereocenters. The Hall–Kier alpha value is -1.15. The van der Waals surface area contributed by atoms with Crippen molar-refractivity contribution in [2.45, 2.75) is 10.4 Å². The van der Waals surface area contributed by atoms with Crippen LogP contribution >= 0.6 is 11.8 Å². The highest BCUT2D eigenvalue weighted by atomic mass is 32.2. The number of nitrogens with zero attached hydrogens (tertiary/aromatic N) is 1. The number of halogens is 3. The number of hydrogen-bond acceptors (Lipinski definition) is 1. The van der Waals surface area contributed by atoms with Crippen LogP contribution in [-0.4, -0.2) is 5.51 Å². The predicted octanol–water partition coefficient (Wildman–Crippen LogP) is 3.85. The van der Waals surface area contributed by atoms with Crippen LogP contribution in [0, 0.1) is 6.57 Å². The van der Waals surface area contributed by atoms with Crippen LogP contribution in [0.15, 0.2) is 29.2 Å². The Bertz CT molecular complexity index is 340. The molecule has 0 heterocycles. The zero-order valence-electron chi connectivity index (χ0n) is 6.30. The number of thioether (sulfide) groups is 1. The normalized spacial score (nSPS) is 10.9. The lowest BCUT2D eigenvalue weighted by Crippen LogP contribution is -1.98. The van der Waals surface area contributed by atoms with Gasteiger partial charge in [-0.15, -0.1) is 0 Å². The largest absolute Gasteiger partial charge is 0.446 e. The van der Waals surface area contributed by atoms with Crippen molar-refractivity contribution >= 4 is 17.4 Å². The minimum absolute atomic E-state index is 0.0426. The van der Waals surface area contributed by atoms with Crippen molar-refractivity contribution in [1.29, 1.82) is 0 Å². The van der Waals surface area contributed by atoms with E-state index in [1.54, 1.807) is 0 Å². The highest BCUT2D eigenvalue weighted by molar-refractivity contribution is 8.00. The van der Waals surface area contributed by atoms with Gasteiger partial charge in [-0.2, -0.15) is 13.2 Å². The number of rotatable bonds is 1. The smallest absolute Gasteiger partial charge is 0.238 e. The topological polar surface area (TPSA) is 4.36 Å². The SMILES string of the molecule is [C-]#[N+]c1cccc(SC(F)(F)F)c1. The van der Waals surface area contributed by atoms with Gasteiger partial charge in [0, 0.05) is 4.90 Å². The molecule has 1 rings (SSSR count). The van der Waals surface area contributed by atoms with E-state index in [1.165, 1.54) is 24.3 Å². The van der Waals surface area contributed by atoms with Crippen LogP contribution in [0.5, 0.6) is 0 Å². The van der Waals surface area contributed by atoms with Crippen molar-refractivity contribution in [2.75, 3.05) is 0 Å². The molecule has 0 amide bonds. The molecular weight excluding hydrogens is 199 g/mol. The Morgan fingerprint density at radius 1 is 1.31 bits per heavy atom. The highest BCUT2D eigenvalue weighted by Gasteiger charge is 2.28. The van der Waals surface area contributed by atoms with Gasteiger partial charge in [-0.3, -0.25) is 0 Å². The first-order chi connectivity index (χ1) is 6.01. The maximum atomic E-state index is 11.9. The molecule has 0 aliphatic carbocycles. The number of alkyl halides is 3. The molecule has 0 bridgehead atoms. The van der Waals surface area contributed by atoms with Crippen LogP contribution in [-0.2, 0) is 0 Å². The third-order valence-corrected chi connectivity index (χ3v) is 1.90. The summed E-state index contributed by atoms with van der Waals surface area (Å²) < 4.78 is 35.6. The Balaban J connectivity index is 2.86. The van der Waals surface area contributed by atoms with E-state index in [1.807, 2.05) is 0 Å². The minimum atomic E-state index is -4.29. The average Bonchev–Trinajstić information content (AvgIpc) is 2.01. The van der Waals surface area contributed by atoms with Crippen molar-refractivity contribution in [1.82, 2.24) is 0 Å². The van der Waals surface area contributed by atoms with E-state index >= 15 is 0 Å². The third kappa shape index (κ3) is 3.38. The summed E-state index contributed by atoms with van der Waals surface area (Å²) in [6.07, 6.45) is 0. The Morgan fingerprint density at radius 3 is 2.54 bits per heavy atom. The molecule has 1 nitrogen and oxygen atoms in total. The van der Waals surface area contributed by atoms with Crippen molar-refractivity contribution in [3.8, 4) is 0 Å². The van der Waals surface area contributed by atoms with Gasteiger partial charge in [-0.1, -0.05) is 18.2 Å². The summed E-state index contributed by atoms with van der Waals surface area (Å²) in [4.78, 5) is 3.07. The second-order valence-electron chi connectivity index (χ2n) is 2.16. The molecule has 0 saturated carbocycles. The molecule has 5 heteroatoms. The van der Waals surface area contributed by atoms with Crippen molar-refractivity contribution in [3.05, 3.63) is 35.7 Å². The average molecular weight is 203 g/mol. The lowest BCUT2D eigenvalue weighted by molar-refractivity contribution is -0.0328. The van der Waals surface area contributed by atoms with E-state index in [2.05, 4.69) is 4.85 Å². The summed E-state index contributed by atoms with van der Waals surface area (Å²) in [5.41, 5.74) is -4.07. The van der Waals surface area contributed by atoms with Crippen molar-refractivity contribution < 1.29 is 13.2 Å². The molecule has 1 aromatic carbocycles. The second kappa shape index (κ2) is 3.71. The standard InChI is InChI=1S/C8H4F3NS/c1-12-6-3-2-4-7(5-6)13-8(9,10)11/h2-5H. The molecule has 0 saturated heterocycles. The maximum absolute atomic E-state index is 11.9. The van der Waals surface area contributed by atoms with Gasteiger partial charge in [0.2, 0.25) is 0 Å². The zero-order valence-corrected chi connectivity index (χ0v) is 7.12. The van der Waals surface area contributed by atoms with Crippen LogP contribution in [0.2, 0.25) is 0 Å². The first-order valence-electron chi connectivity index (χ1n) is 3.24. The summed E-state index contributed by atoms with van der Waals surface area (Å²) in [6.45, 7) is 6.61. The van der Waals surface area contributed by atoms with E-state index in [-0.39, 0.29) is 22.3 Å². The molecule has 0 spiro atoms. The molecule has 68 valence electrons. The van der Waals surface area contributed by atoms with E-state index < -0.39 is 5.51 Å². The molecule has 0 aromatic heterocycles. The molecule has 0 aliphatic rings. The number of hydrogen-bond donors (Lipinski definition) is 0. The van der Waals surface area contributed by atoms with Crippen LogP contribution in [0.4, 0.5) is 18.9 Å². The van der Waals surface area contributed by atoms with Crippen molar-refractivity contribution in [2.24, 2.45) is 0 Å². The van der Waals surface area contributed by atoms with Crippen LogP contribution in [0.3, 0.4) is 0 Å². The molecule has 0 atom stereocenters. The number of benzene rings is 1. The quantitative estimate of drug-likeness (QED) is 0.495. The molecule has 0 aliphatic heterocycles. The Labute approximate surface area is 77.4 Å². The molecule has 0 fully saturated rings. The summed E-state index contributed by atoms with van der Waals surface area (Å²) in [6, 6.07) is 5.44. The van der Waals surface area contributed by atoms with E-state index in [9.17, 15) is 13.2 Å². The van der Waals surface area contributed by atoms with E-state index in [0.717, 1.165) is 0 Å². The van der Waals surface area contributed by atoms with Gasteiger partial charge in [0.05, 0.1) is 6.57 Å². The van der Waals surface area contributed by atoms with Crippen LogP contribution < -0.4 is 0 Å². The Morgan fingerprint density at radius 2 is 2.00 bits per heavy atom. The maximum Gasteiger partial charge on any atom is 0.446 e. The van der Waals surface area contributed by atoms with Gasteiger partial charge in [-0.05, 0) is 17.8 Å². The van der Waals surface area contributed by atoms with Gasteiger partial charge in [-0.25, -0.2) is 4.85 Å². The summed E-state index contributed by atoms with van der Waals surface area (Å²) in [7, 11) is 0. The van der Waals surface area contributed by atoms with Crippen LogP contribution in [0.25, 0.3) is 4.85 Å². The fraction of sp³-hybridized carbons (Fsp3) is 0.125. The summed E-state index contributed by atoms with van der Waals surface area (Å²) in [5.74, 6) is 0. The molecule has 1 aromatic rings. The fourth-order valence-electron chi connectivity index (χ4n) is 0.750. The van der Waals surface area contributed by atoms with Gasteiger partial charge in [0.1, 0.15) is 0 Å². The molecular formula is C8H4F3NS. The predicted molar refractivity (Wildman–Crippen MR) is 44.6 cm³/mol. The van der Waals surface area contributed by atoms with Gasteiger partial charge in [0.25, 0.3) is 0 Å². The minimum Gasteiger partial charge on any atom is -0.238 e. The van der Waals surface area contributed by atoms with Crippen molar-refractivity contribution in [3.63, 3.8) is 0 Å². The zero-order chi connectivity index (χ0) is 9.90. The monoisotopic (exact) mass is 203 g/mol. The first-order valence-corrected chi connectivity index (χ1v) is 4.06. The molecule has 0 radical (unpaired) electrons. The third-order valence-electron chi connectivity index (χ3n) is 1.18. The summed E-state index contributed by atoms with van der Waals surface area (Å²) in [5, 5.41) is 0. The highest BCUT2D eigenvalue weighted by Crippen LogP contribution is 2.37. The van der Waals surface area contributed by atoms with Gasteiger partial charge >= 0.3 is 5.51 Å². The lowest BCUT2D eigenvalue weighted by Gasteiger charge is -2.04. The van der Waals surface area contributed by atoms with Gasteiger partial charge < -0.3 is 0 Å². The second-order valence-corrected chi connectivity index (χ2v) is 3.30. The van der Waals surface area contributed by atoms with Crippen LogP contribution in [0.1, 0.15) is 0 Å². The molecule has 13 heavy (non-hydrogen) atoms. The summed E-state index contributed by atoms with van der Waals surface area (Å²) >= 11 is -0.213. The van der Waals surface area contributed by atoms with E-state index in [4.69, 9.17) is 6.57 Å². The van der Waals surface area contributed by atoms with Gasteiger partial charge in [0.15, 0.2) is 5.69 Å². The Kier molecular flexibility index (Phi) is 2.83. The fourth-order valence-corrected chi connectivity index (χ4v) is 1.34. The first kappa shape index (κ1) is 9.93. The van der Waals surface area contributed by atoms with E-state index in [0.29, 0.717) is 0 Å².